The Labute approximate surface area is 148 Å². The largest absolute Gasteiger partial charge is 0.298 e. The number of azo groups is 1. The Morgan fingerprint density at radius 3 is 1.77 bits per heavy atom. The van der Waals surface area contributed by atoms with Gasteiger partial charge in [0.2, 0.25) is 0 Å². The fourth-order valence-corrected chi connectivity index (χ4v) is 3.55. The van der Waals surface area contributed by atoms with Gasteiger partial charge in [0.05, 0.1) is 15.4 Å². The molecule has 134 valence electrons. The predicted octanol–water partition coefficient (Wildman–Crippen LogP) is 2.04. The van der Waals surface area contributed by atoms with E-state index in [2.05, 4.69) is 10.2 Å². The van der Waals surface area contributed by atoms with Gasteiger partial charge < -0.3 is 0 Å². The van der Waals surface area contributed by atoms with Crippen molar-refractivity contribution in [3.8, 4) is 0 Å². The fourth-order valence-electron chi connectivity index (χ4n) is 2.37. The number of hydrogen-bond acceptors (Lipinski definition) is 6. The van der Waals surface area contributed by atoms with Crippen LogP contribution in [0.15, 0.2) is 68.6 Å². The number of carbonyl (C=O) groups is 1. The van der Waals surface area contributed by atoms with E-state index >= 15 is 0 Å². The van der Waals surface area contributed by atoms with Gasteiger partial charge in [-0.1, -0.05) is 30.3 Å². The summed E-state index contributed by atoms with van der Waals surface area (Å²) >= 11 is 0. The first-order valence-electron chi connectivity index (χ1n) is 6.93. The zero-order valence-corrected chi connectivity index (χ0v) is 14.4. The minimum Gasteiger partial charge on any atom is -0.282 e. The molecule has 0 saturated carbocycles. The van der Waals surface area contributed by atoms with Gasteiger partial charge in [-0.3, -0.25) is 13.9 Å². The van der Waals surface area contributed by atoms with Crippen molar-refractivity contribution in [2.75, 3.05) is 0 Å². The molecule has 26 heavy (non-hydrogen) atoms. The molecule has 0 atom stereocenters. The summed E-state index contributed by atoms with van der Waals surface area (Å²) in [6, 6.07) is 10.7. The highest BCUT2D eigenvalue weighted by Crippen LogP contribution is 2.35. The Morgan fingerprint density at radius 2 is 1.27 bits per heavy atom. The molecule has 3 rings (SSSR count). The zero-order valence-electron chi connectivity index (χ0n) is 12.8. The summed E-state index contributed by atoms with van der Waals surface area (Å²) in [5.41, 5.74) is 0.250. The summed E-state index contributed by atoms with van der Waals surface area (Å²) in [5.74, 6) is -0.822. The molecular weight excluding hydrogens is 384 g/mol. The Kier molecular flexibility index (Phi) is 4.32. The first kappa shape index (κ1) is 18.1. The van der Waals surface area contributed by atoms with Gasteiger partial charge in [0.25, 0.3) is 26.1 Å². The standard InChI is InChI=1S/C15H10N2O7S2/c18-15-13(14(16-17-15)9-4-2-1-3-5-9)10-6-11(25(19,20)21)8-12(7-10)26(22,23)24/h1-8H,(H,19,20,21)(H,22,23,24). The molecule has 2 N–H and O–H groups in total. The van der Waals surface area contributed by atoms with Crippen molar-refractivity contribution in [3.05, 3.63) is 59.7 Å². The molecule has 2 aromatic carbocycles. The zero-order chi connectivity index (χ0) is 19.1. The maximum atomic E-state index is 12.1. The molecule has 1 aliphatic rings. The van der Waals surface area contributed by atoms with Crippen LogP contribution in [0.3, 0.4) is 0 Å². The second-order valence-electron chi connectivity index (χ2n) is 5.24. The van der Waals surface area contributed by atoms with Gasteiger partial charge in [0, 0.05) is 5.56 Å². The topological polar surface area (TPSA) is 151 Å². The van der Waals surface area contributed by atoms with Crippen LogP contribution in [-0.4, -0.2) is 31.8 Å². The molecule has 0 unspecified atom stereocenters. The van der Waals surface area contributed by atoms with E-state index in [4.69, 9.17) is 0 Å². The van der Waals surface area contributed by atoms with E-state index in [1.807, 2.05) is 0 Å². The predicted molar refractivity (Wildman–Crippen MR) is 89.2 cm³/mol. The molecule has 0 spiro atoms. The summed E-state index contributed by atoms with van der Waals surface area (Å²) < 4.78 is 64.3. The van der Waals surface area contributed by atoms with Crippen molar-refractivity contribution in [3.63, 3.8) is 0 Å². The number of nitrogens with zero attached hydrogens (tertiary/aromatic N) is 2. The molecule has 9 nitrogen and oxygen atoms in total. The van der Waals surface area contributed by atoms with E-state index in [0.29, 0.717) is 11.6 Å². The number of rotatable bonds is 4. The molecule has 1 aliphatic heterocycles. The van der Waals surface area contributed by atoms with Crippen molar-refractivity contribution < 1.29 is 30.7 Å². The molecular formula is C15H10N2O7S2. The lowest BCUT2D eigenvalue weighted by Crippen LogP contribution is -2.06. The average molecular weight is 394 g/mol. The summed E-state index contributed by atoms with van der Waals surface area (Å²) in [6.45, 7) is 0. The van der Waals surface area contributed by atoms with Gasteiger partial charge >= 0.3 is 0 Å². The van der Waals surface area contributed by atoms with E-state index in [9.17, 15) is 30.7 Å². The van der Waals surface area contributed by atoms with Gasteiger partial charge in [-0.15, -0.1) is 10.2 Å². The summed E-state index contributed by atoms with van der Waals surface area (Å²) in [5, 5.41) is 7.18. The van der Waals surface area contributed by atoms with Gasteiger partial charge in [-0.05, 0) is 23.8 Å². The van der Waals surface area contributed by atoms with Crippen LogP contribution >= 0.6 is 0 Å². The molecule has 11 heteroatoms. The van der Waals surface area contributed by atoms with E-state index in [0.717, 1.165) is 12.1 Å². The Bertz CT molecular complexity index is 1130. The highest BCUT2D eigenvalue weighted by atomic mass is 32.2. The monoisotopic (exact) mass is 394 g/mol. The van der Waals surface area contributed by atoms with Crippen LogP contribution in [-0.2, 0) is 25.0 Å². The minimum atomic E-state index is -4.81. The van der Waals surface area contributed by atoms with Gasteiger partial charge in [0.15, 0.2) is 0 Å². The Morgan fingerprint density at radius 1 is 0.731 bits per heavy atom. The van der Waals surface area contributed by atoms with Crippen LogP contribution in [0.1, 0.15) is 11.1 Å². The molecule has 0 aliphatic carbocycles. The second kappa shape index (κ2) is 6.21. The van der Waals surface area contributed by atoms with Crippen molar-refractivity contribution in [2.45, 2.75) is 9.79 Å². The third-order valence-corrected chi connectivity index (χ3v) is 5.17. The van der Waals surface area contributed by atoms with Crippen LogP contribution < -0.4 is 0 Å². The van der Waals surface area contributed by atoms with Crippen LogP contribution in [0, 0.1) is 0 Å². The highest BCUT2D eigenvalue weighted by molar-refractivity contribution is 7.86. The van der Waals surface area contributed by atoms with Gasteiger partial charge in [-0.25, -0.2) is 0 Å². The third-order valence-electron chi connectivity index (χ3n) is 3.50. The highest BCUT2D eigenvalue weighted by Gasteiger charge is 2.27. The first-order chi connectivity index (χ1) is 12.1. The van der Waals surface area contributed by atoms with Crippen molar-refractivity contribution in [1.29, 1.82) is 0 Å². The molecule has 0 fully saturated rings. The van der Waals surface area contributed by atoms with E-state index < -0.39 is 35.9 Å². The van der Waals surface area contributed by atoms with Crippen molar-refractivity contribution in [1.82, 2.24) is 0 Å². The summed E-state index contributed by atoms with van der Waals surface area (Å²) in [4.78, 5) is 10.5. The SMILES string of the molecule is O=C1N=NC(c2ccccc2)=C1c1cc(S(=O)(=O)O)cc(S(=O)(=O)O)c1. The van der Waals surface area contributed by atoms with E-state index in [-0.39, 0.29) is 16.8 Å². The number of hydrogen-bond donors (Lipinski definition) is 2. The molecule has 1 heterocycles. The summed E-state index contributed by atoms with van der Waals surface area (Å²) in [7, 11) is -9.62. The quantitative estimate of drug-likeness (QED) is 0.753. The number of carbonyl (C=O) groups excluding carboxylic acids is 1. The van der Waals surface area contributed by atoms with Crippen LogP contribution in [0.2, 0.25) is 0 Å². The lowest BCUT2D eigenvalue weighted by atomic mass is 10.00. The number of benzene rings is 2. The first-order valence-corrected chi connectivity index (χ1v) is 9.81. The molecule has 1 amide bonds. The maximum Gasteiger partial charge on any atom is 0.298 e. The second-order valence-corrected chi connectivity index (χ2v) is 8.08. The lowest BCUT2D eigenvalue weighted by Gasteiger charge is -2.08. The van der Waals surface area contributed by atoms with Crippen LogP contribution in [0.5, 0.6) is 0 Å². The Balaban J connectivity index is 2.33. The van der Waals surface area contributed by atoms with E-state index in [1.165, 1.54) is 0 Å². The molecule has 0 saturated heterocycles. The summed E-state index contributed by atoms with van der Waals surface area (Å²) in [6.07, 6.45) is 0. The van der Waals surface area contributed by atoms with Crippen LogP contribution in [0.25, 0.3) is 11.3 Å². The van der Waals surface area contributed by atoms with Gasteiger partial charge in [-0.2, -0.15) is 16.8 Å². The maximum absolute atomic E-state index is 12.1. The lowest BCUT2D eigenvalue weighted by molar-refractivity contribution is -0.112. The van der Waals surface area contributed by atoms with Crippen molar-refractivity contribution >= 4 is 37.4 Å². The normalized spacial score (nSPS) is 14.9. The Hall–Kier alpha value is -2.73. The molecule has 0 radical (unpaired) electrons. The molecule has 0 bridgehead atoms. The average Bonchev–Trinajstić information content (AvgIpc) is 2.95. The number of amides is 1. The van der Waals surface area contributed by atoms with Crippen LogP contribution in [0.4, 0.5) is 0 Å². The molecule has 2 aromatic rings. The smallest absolute Gasteiger partial charge is 0.282 e. The van der Waals surface area contributed by atoms with E-state index in [1.54, 1.807) is 30.3 Å². The minimum absolute atomic E-state index is 0.101. The molecule has 0 aromatic heterocycles. The third kappa shape index (κ3) is 3.46. The van der Waals surface area contributed by atoms with Gasteiger partial charge in [0.1, 0.15) is 5.70 Å². The van der Waals surface area contributed by atoms with Crippen molar-refractivity contribution in [2.24, 2.45) is 10.2 Å². The fraction of sp³-hybridized carbons (Fsp3) is 0.